The molecule has 1 saturated carbocycles. The standard InChI is InChI=1S/C14H17ClN2O3/c15-11-4-2-1-3-10(11)14(20)17-8-13(19)16-7-12(18)9-5-6-9/h1-4,9,12,18H,5-8H2,(H,16,19)(H,17,20). The molecule has 0 spiro atoms. The second-order valence-electron chi connectivity index (χ2n) is 4.87. The summed E-state index contributed by atoms with van der Waals surface area (Å²) in [6, 6.07) is 6.63. The lowest BCUT2D eigenvalue weighted by molar-refractivity contribution is -0.120. The van der Waals surface area contributed by atoms with Gasteiger partial charge >= 0.3 is 0 Å². The highest BCUT2D eigenvalue weighted by molar-refractivity contribution is 6.33. The molecule has 2 amide bonds. The number of amides is 2. The summed E-state index contributed by atoms with van der Waals surface area (Å²) in [7, 11) is 0. The molecule has 6 heteroatoms. The highest BCUT2D eigenvalue weighted by Gasteiger charge is 2.29. The van der Waals surface area contributed by atoms with Crippen molar-refractivity contribution in [2.24, 2.45) is 5.92 Å². The van der Waals surface area contributed by atoms with Crippen molar-refractivity contribution < 1.29 is 14.7 Å². The number of nitrogens with one attached hydrogen (secondary N) is 2. The minimum absolute atomic E-state index is 0.137. The maximum absolute atomic E-state index is 11.8. The van der Waals surface area contributed by atoms with Crippen molar-refractivity contribution in [2.45, 2.75) is 18.9 Å². The van der Waals surface area contributed by atoms with Crippen molar-refractivity contribution in [3.05, 3.63) is 34.9 Å². The fraction of sp³-hybridized carbons (Fsp3) is 0.429. The minimum Gasteiger partial charge on any atom is -0.391 e. The van der Waals surface area contributed by atoms with Crippen molar-refractivity contribution in [3.8, 4) is 0 Å². The van der Waals surface area contributed by atoms with Gasteiger partial charge in [0.2, 0.25) is 5.91 Å². The molecule has 1 fully saturated rings. The van der Waals surface area contributed by atoms with Gasteiger partial charge < -0.3 is 15.7 Å². The molecule has 1 aromatic carbocycles. The number of benzene rings is 1. The van der Waals surface area contributed by atoms with Crippen molar-refractivity contribution in [1.29, 1.82) is 0 Å². The van der Waals surface area contributed by atoms with Crippen LogP contribution in [0.15, 0.2) is 24.3 Å². The zero-order valence-electron chi connectivity index (χ0n) is 10.9. The zero-order valence-corrected chi connectivity index (χ0v) is 11.7. The van der Waals surface area contributed by atoms with Crippen LogP contribution >= 0.6 is 11.6 Å². The highest BCUT2D eigenvalue weighted by atomic mass is 35.5. The molecule has 108 valence electrons. The molecular weight excluding hydrogens is 280 g/mol. The maximum Gasteiger partial charge on any atom is 0.253 e. The largest absolute Gasteiger partial charge is 0.391 e. The van der Waals surface area contributed by atoms with E-state index in [0.29, 0.717) is 16.5 Å². The number of carbonyl (C=O) groups excluding carboxylic acids is 2. The van der Waals surface area contributed by atoms with Crippen LogP contribution in [0.4, 0.5) is 0 Å². The van der Waals surface area contributed by atoms with E-state index in [4.69, 9.17) is 11.6 Å². The van der Waals surface area contributed by atoms with Crippen LogP contribution in [0.25, 0.3) is 0 Å². The Morgan fingerprint density at radius 1 is 1.30 bits per heavy atom. The summed E-state index contributed by atoms with van der Waals surface area (Å²) in [4.78, 5) is 23.3. The maximum atomic E-state index is 11.8. The first kappa shape index (κ1) is 14.8. The van der Waals surface area contributed by atoms with Crippen LogP contribution in [0.2, 0.25) is 5.02 Å². The highest BCUT2D eigenvalue weighted by Crippen LogP contribution is 2.32. The Morgan fingerprint density at radius 3 is 2.65 bits per heavy atom. The quantitative estimate of drug-likeness (QED) is 0.731. The molecule has 1 aliphatic rings. The summed E-state index contributed by atoms with van der Waals surface area (Å²) in [6.07, 6.45) is 1.54. The van der Waals surface area contributed by atoms with Gasteiger partial charge in [-0.15, -0.1) is 0 Å². The normalized spacial score (nSPS) is 15.5. The Balaban J connectivity index is 1.72. The van der Waals surface area contributed by atoms with E-state index >= 15 is 0 Å². The number of aliphatic hydroxyl groups is 1. The fourth-order valence-electron chi connectivity index (χ4n) is 1.83. The van der Waals surface area contributed by atoms with E-state index in [0.717, 1.165) is 12.8 Å². The molecule has 0 saturated heterocycles. The average molecular weight is 297 g/mol. The Labute approximate surface area is 122 Å². The summed E-state index contributed by atoms with van der Waals surface area (Å²) in [6.45, 7) is 0.0902. The van der Waals surface area contributed by atoms with Crippen LogP contribution in [0.5, 0.6) is 0 Å². The lowest BCUT2D eigenvalue weighted by Crippen LogP contribution is -2.40. The van der Waals surface area contributed by atoms with E-state index in [1.54, 1.807) is 24.3 Å². The molecule has 0 radical (unpaired) electrons. The lowest BCUT2D eigenvalue weighted by Gasteiger charge is -2.11. The number of hydrogen-bond donors (Lipinski definition) is 3. The zero-order chi connectivity index (χ0) is 14.5. The molecule has 1 aromatic rings. The second-order valence-corrected chi connectivity index (χ2v) is 5.28. The van der Waals surface area contributed by atoms with Gasteiger partial charge in [0.05, 0.1) is 23.2 Å². The van der Waals surface area contributed by atoms with Crippen LogP contribution in [-0.4, -0.2) is 36.1 Å². The van der Waals surface area contributed by atoms with Gasteiger partial charge in [0.25, 0.3) is 5.91 Å². The Morgan fingerprint density at radius 2 is 2.00 bits per heavy atom. The Hall–Kier alpha value is -1.59. The number of hydrogen-bond acceptors (Lipinski definition) is 3. The lowest BCUT2D eigenvalue weighted by atomic mass is 10.2. The van der Waals surface area contributed by atoms with Crippen LogP contribution in [-0.2, 0) is 4.79 Å². The summed E-state index contributed by atoms with van der Waals surface area (Å²) < 4.78 is 0. The third-order valence-electron chi connectivity index (χ3n) is 3.20. The molecule has 1 atom stereocenters. The number of carbonyl (C=O) groups is 2. The summed E-state index contributed by atoms with van der Waals surface area (Å²) in [5, 5.41) is 15.0. The first-order valence-electron chi connectivity index (χ1n) is 6.55. The van der Waals surface area contributed by atoms with Crippen molar-refractivity contribution in [3.63, 3.8) is 0 Å². The van der Waals surface area contributed by atoms with Crippen molar-refractivity contribution in [2.75, 3.05) is 13.1 Å². The first-order chi connectivity index (χ1) is 9.58. The monoisotopic (exact) mass is 296 g/mol. The molecule has 0 aromatic heterocycles. The van der Waals surface area contributed by atoms with Gasteiger partial charge in [0.1, 0.15) is 0 Å². The van der Waals surface area contributed by atoms with E-state index in [1.165, 1.54) is 0 Å². The minimum atomic E-state index is -0.488. The van der Waals surface area contributed by atoms with Gasteiger partial charge in [0.15, 0.2) is 0 Å². The summed E-state index contributed by atoms with van der Waals surface area (Å²) >= 11 is 5.88. The van der Waals surface area contributed by atoms with Crippen molar-refractivity contribution in [1.82, 2.24) is 10.6 Å². The molecule has 3 N–H and O–H groups in total. The van der Waals surface area contributed by atoms with E-state index in [2.05, 4.69) is 10.6 Å². The topological polar surface area (TPSA) is 78.4 Å². The number of aliphatic hydroxyl groups excluding tert-OH is 1. The molecule has 20 heavy (non-hydrogen) atoms. The van der Waals surface area contributed by atoms with Gasteiger partial charge in [-0.3, -0.25) is 9.59 Å². The first-order valence-corrected chi connectivity index (χ1v) is 6.93. The molecule has 0 aliphatic heterocycles. The summed E-state index contributed by atoms with van der Waals surface area (Å²) in [5.41, 5.74) is 0.333. The van der Waals surface area contributed by atoms with Crippen LogP contribution in [0.3, 0.4) is 0 Å². The Kier molecular flexibility index (Phi) is 4.98. The van der Waals surface area contributed by atoms with Gasteiger partial charge in [-0.2, -0.15) is 0 Å². The smallest absolute Gasteiger partial charge is 0.253 e. The molecule has 0 bridgehead atoms. The molecule has 2 rings (SSSR count). The van der Waals surface area contributed by atoms with E-state index in [9.17, 15) is 14.7 Å². The Bertz CT molecular complexity index is 503. The number of halogens is 1. The van der Waals surface area contributed by atoms with E-state index < -0.39 is 12.0 Å². The predicted molar refractivity (Wildman–Crippen MR) is 75.5 cm³/mol. The molecule has 5 nitrogen and oxygen atoms in total. The summed E-state index contributed by atoms with van der Waals surface area (Å²) in [5.74, 6) is -0.411. The van der Waals surface area contributed by atoms with E-state index in [1.807, 2.05) is 0 Å². The third-order valence-corrected chi connectivity index (χ3v) is 3.53. The fourth-order valence-corrected chi connectivity index (χ4v) is 2.05. The molecular formula is C14H17ClN2O3. The van der Waals surface area contributed by atoms with Gasteiger partial charge in [-0.25, -0.2) is 0 Å². The second kappa shape index (κ2) is 6.72. The van der Waals surface area contributed by atoms with Gasteiger partial charge in [-0.1, -0.05) is 23.7 Å². The third kappa shape index (κ3) is 4.21. The number of rotatable bonds is 6. The van der Waals surface area contributed by atoms with Gasteiger partial charge in [-0.05, 0) is 30.9 Å². The average Bonchev–Trinajstić information content (AvgIpc) is 3.27. The molecule has 1 aliphatic carbocycles. The SMILES string of the molecule is O=C(CNC(=O)c1ccccc1Cl)NCC(O)C1CC1. The molecule has 0 heterocycles. The van der Waals surface area contributed by atoms with Crippen molar-refractivity contribution >= 4 is 23.4 Å². The van der Waals surface area contributed by atoms with Crippen LogP contribution in [0.1, 0.15) is 23.2 Å². The van der Waals surface area contributed by atoms with E-state index in [-0.39, 0.29) is 19.0 Å². The van der Waals surface area contributed by atoms with Crippen LogP contribution < -0.4 is 10.6 Å². The van der Waals surface area contributed by atoms with Crippen LogP contribution in [0, 0.1) is 5.92 Å². The predicted octanol–water partition coefficient (Wildman–Crippen LogP) is 0.957. The van der Waals surface area contributed by atoms with Gasteiger partial charge in [0, 0.05) is 6.54 Å². The molecule has 1 unspecified atom stereocenters.